The zero-order valence-electron chi connectivity index (χ0n) is 15.2. The molecule has 1 rings (SSSR count). The van der Waals surface area contributed by atoms with E-state index in [0.717, 1.165) is 12.0 Å². The number of aliphatic imine (C=N–C) groups is 1. The largest absolute Gasteiger partial charge is 0.444 e. The van der Waals surface area contributed by atoms with Crippen molar-refractivity contribution in [2.24, 2.45) is 4.99 Å². The Hall–Kier alpha value is -1.58. The summed E-state index contributed by atoms with van der Waals surface area (Å²) in [5, 5.41) is 8.93. The van der Waals surface area contributed by atoms with Gasteiger partial charge in [0.05, 0.1) is 0 Å². The summed E-state index contributed by atoms with van der Waals surface area (Å²) in [5.41, 5.74) is 0.343. The molecule has 6 nitrogen and oxygen atoms in total. The summed E-state index contributed by atoms with van der Waals surface area (Å²) in [6, 6.07) is 6.40. The number of rotatable bonds is 6. The van der Waals surface area contributed by atoms with Crippen molar-refractivity contribution in [1.29, 1.82) is 0 Å². The first-order valence-corrected chi connectivity index (χ1v) is 7.96. The van der Waals surface area contributed by atoms with Gasteiger partial charge in [-0.1, -0.05) is 12.1 Å². The van der Waals surface area contributed by atoms with E-state index in [0.29, 0.717) is 25.6 Å². The van der Waals surface area contributed by atoms with Crippen LogP contribution in [0.15, 0.2) is 29.3 Å². The molecule has 0 saturated heterocycles. The maximum atomic E-state index is 13.1. The number of amides is 1. The fourth-order valence-corrected chi connectivity index (χ4v) is 1.85. The predicted octanol–water partition coefficient (Wildman–Crippen LogP) is 3.02. The Bertz CT molecular complexity index is 562. The summed E-state index contributed by atoms with van der Waals surface area (Å²) in [5.74, 6) is 0.363. The Kier molecular flexibility index (Phi) is 11.1. The average molecular weight is 466 g/mol. The normalized spacial score (nSPS) is 11.3. The third-order valence-corrected chi connectivity index (χ3v) is 2.89. The fraction of sp³-hybridized carbons (Fsp3) is 0.529. The van der Waals surface area contributed by atoms with Gasteiger partial charge in [0.2, 0.25) is 0 Å². The topological polar surface area (TPSA) is 74.8 Å². The number of halogens is 2. The highest BCUT2D eigenvalue weighted by Crippen LogP contribution is 2.06. The number of nitrogens with one attached hydrogen (secondary N) is 3. The van der Waals surface area contributed by atoms with E-state index in [-0.39, 0.29) is 29.8 Å². The van der Waals surface area contributed by atoms with Gasteiger partial charge in [0.15, 0.2) is 5.96 Å². The first kappa shape index (κ1) is 23.4. The molecule has 8 heteroatoms. The predicted molar refractivity (Wildman–Crippen MR) is 109 cm³/mol. The molecule has 0 aliphatic heterocycles. The summed E-state index contributed by atoms with van der Waals surface area (Å²) in [6.07, 6.45) is 0.302. The number of carbonyl (C=O) groups is 1. The van der Waals surface area contributed by atoms with E-state index < -0.39 is 11.7 Å². The van der Waals surface area contributed by atoms with Crippen LogP contribution in [0.4, 0.5) is 9.18 Å². The lowest BCUT2D eigenvalue weighted by Gasteiger charge is -2.19. The molecule has 3 N–H and O–H groups in total. The standard InChI is InChI=1S/C17H27FN4O2.HI/c1-17(2,3)24-16(23)21-10-6-9-20-15(19-4)22-12-13-7-5-8-14(18)11-13;/h5,7-8,11H,6,9-10,12H2,1-4H3,(H,21,23)(H2,19,20,22);1H. The fourth-order valence-electron chi connectivity index (χ4n) is 1.85. The van der Waals surface area contributed by atoms with Crippen LogP contribution in [-0.2, 0) is 11.3 Å². The first-order chi connectivity index (χ1) is 11.3. The molecule has 0 aromatic heterocycles. The van der Waals surface area contributed by atoms with E-state index in [2.05, 4.69) is 20.9 Å². The molecular weight excluding hydrogens is 438 g/mol. The number of ether oxygens (including phenoxy) is 1. The highest BCUT2D eigenvalue weighted by molar-refractivity contribution is 14.0. The Morgan fingerprint density at radius 3 is 2.48 bits per heavy atom. The molecule has 1 aromatic carbocycles. The van der Waals surface area contributed by atoms with Gasteiger partial charge in [-0.05, 0) is 44.9 Å². The van der Waals surface area contributed by atoms with E-state index in [4.69, 9.17) is 4.74 Å². The van der Waals surface area contributed by atoms with Crippen LogP contribution in [0.3, 0.4) is 0 Å². The van der Waals surface area contributed by atoms with Gasteiger partial charge in [0.1, 0.15) is 11.4 Å². The van der Waals surface area contributed by atoms with E-state index in [9.17, 15) is 9.18 Å². The van der Waals surface area contributed by atoms with E-state index >= 15 is 0 Å². The van der Waals surface area contributed by atoms with Crippen molar-refractivity contribution in [2.75, 3.05) is 20.1 Å². The third-order valence-electron chi connectivity index (χ3n) is 2.89. The molecule has 0 atom stereocenters. The Balaban J connectivity index is 0.00000576. The van der Waals surface area contributed by atoms with Gasteiger partial charge in [-0.15, -0.1) is 24.0 Å². The van der Waals surface area contributed by atoms with Crippen molar-refractivity contribution in [2.45, 2.75) is 39.3 Å². The minimum atomic E-state index is -0.495. The van der Waals surface area contributed by atoms with Crippen molar-refractivity contribution < 1.29 is 13.9 Å². The number of carbonyl (C=O) groups excluding carboxylic acids is 1. The molecular formula is C17H28FIN4O2. The maximum absolute atomic E-state index is 13.1. The lowest BCUT2D eigenvalue weighted by molar-refractivity contribution is 0.0527. The first-order valence-electron chi connectivity index (χ1n) is 7.96. The van der Waals surface area contributed by atoms with Crippen LogP contribution in [0.1, 0.15) is 32.8 Å². The highest BCUT2D eigenvalue weighted by Gasteiger charge is 2.15. The maximum Gasteiger partial charge on any atom is 0.407 e. The Morgan fingerprint density at radius 1 is 1.20 bits per heavy atom. The van der Waals surface area contributed by atoms with Gasteiger partial charge in [-0.3, -0.25) is 4.99 Å². The molecule has 142 valence electrons. The molecule has 0 saturated carbocycles. The molecule has 0 aliphatic rings. The van der Waals surface area contributed by atoms with Gasteiger partial charge in [0.25, 0.3) is 0 Å². The van der Waals surface area contributed by atoms with Gasteiger partial charge in [-0.25, -0.2) is 9.18 Å². The zero-order valence-corrected chi connectivity index (χ0v) is 17.5. The molecule has 25 heavy (non-hydrogen) atoms. The van der Waals surface area contributed by atoms with Crippen LogP contribution >= 0.6 is 24.0 Å². The summed E-state index contributed by atoms with van der Waals surface area (Å²) >= 11 is 0. The number of hydrogen-bond acceptors (Lipinski definition) is 3. The summed E-state index contributed by atoms with van der Waals surface area (Å²) in [6.45, 7) is 7.09. The quantitative estimate of drug-likeness (QED) is 0.261. The lowest BCUT2D eigenvalue weighted by Crippen LogP contribution is -2.39. The highest BCUT2D eigenvalue weighted by atomic mass is 127. The number of alkyl carbamates (subject to hydrolysis) is 1. The van der Waals surface area contributed by atoms with Crippen LogP contribution in [0.5, 0.6) is 0 Å². The summed E-state index contributed by atoms with van der Waals surface area (Å²) < 4.78 is 18.3. The molecule has 0 unspecified atom stereocenters. The van der Waals surface area contributed by atoms with E-state index in [1.807, 2.05) is 26.8 Å². The number of guanidine groups is 1. The second-order valence-corrected chi connectivity index (χ2v) is 6.26. The van der Waals surface area contributed by atoms with Gasteiger partial charge < -0.3 is 20.7 Å². The van der Waals surface area contributed by atoms with E-state index in [1.165, 1.54) is 12.1 Å². The van der Waals surface area contributed by atoms with E-state index in [1.54, 1.807) is 13.1 Å². The summed E-state index contributed by atoms with van der Waals surface area (Å²) in [7, 11) is 1.67. The molecule has 0 aliphatic carbocycles. The van der Waals surface area contributed by atoms with Crippen LogP contribution in [0.25, 0.3) is 0 Å². The van der Waals surface area contributed by atoms with Crippen LogP contribution in [0, 0.1) is 5.82 Å². The van der Waals surface area contributed by atoms with Gasteiger partial charge in [-0.2, -0.15) is 0 Å². The molecule has 0 radical (unpaired) electrons. The molecule has 1 amide bonds. The SMILES string of the molecule is CN=C(NCCCNC(=O)OC(C)(C)C)NCc1cccc(F)c1.I. The number of hydrogen-bond donors (Lipinski definition) is 3. The van der Waals surface area contributed by atoms with Gasteiger partial charge >= 0.3 is 6.09 Å². The monoisotopic (exact) mass is 466 g/mol. The third kappa shape index (κ3) is 11.6. The second kappa shape index (κ2) is 11.9. The molecule has 0 spiro atoms. The minimum Gasteiger partial charge on any atom is -0.444 e. The lowest BCUT2D eigenvalue weighted by atomic mass is 10.2. The molecule has 0 bridgehead atoms. The summed E-state index contributed by atoms with van der Waals surface area (Å²) in [4.78, 5) is 15.6. The number of nitrogens with zero attached hydrogens (tertiary/aromatic N) is 1. The van der Waals surface area contributed by atoms with Crippen molar-refractivity contribution in [3.8, 4) is 0 Å². The average Bonchev–Trinajstić information content (AvgIpc) is 2.48. The minimum absolute atomic E-state index is 0. The van der Waals surface area contributed by atoms with Crippen LogP contribution in [-0.4, -0.2) is 37.8 Å². The van der Waals surface area contributed by atoms with Crippen molar-refractivity contribution in [1.82, 2.24) is 16.0 Å². The molecule has 1 aromatic rings. The molecule has 0 heterocycles. The van der Waals surface area contributed by atoms with Crippen LogP contribution in [0.2, 0.25) is 0 Å². The number of benzene rings is 1. The molecule has 0 fully saturated rings. The van der Waals surface area contributed by atoms with Crippen molar-refractivity contribution in [3.63, 3.8) is 0 Å². The smallest absolute Gasteiger partial charge is 0.407 e. The zero-order chi connectivity index (χ0) is 18.0. The Morgan fingerprint density at radius 2 is 1.88 bits per heavy atom. The Labute approximate surface area is 166 Å². The van der Waals surface area contributed by atoms with Crippen molar-refractivity contribution in [3.05, 3.63) is 35.6 Å². The van der Waals surface area contributed by atoms with Crippen LogP contribution < -0.4 is 16.0 Å². The second-order valence-electron chi connectivity index (χ2n) is 6.26. The van der Waals surface area contributed by atoms with Gasteiger partial charge in [0, 0.05) is 26.7 Å². The van der Waals surface area contributed by atoms with Crippen molar-refractivity contribution >= 4 is 36.0 Å².